The van der Waals surface area contributed by atoms with E-state index < -0.39 is 7.82 Å². The van der Waals surface area contributed by atoms with Gasteiger partial charge in [-0.25, -0.2) is 4.57 Å². The summed E-state index contributed by atoms with van der Waals surface area (Å²) in [4.78, 5) is 11.4. The number of rotatable bonds is 13. The Morgan fingerprint density at radius 3 is 2.05 bits per heavy atom. The van der Waals surface area contributed by atoms with Gasteiger partial charge in [0, 0.05) is 33.0 Å². The van der Waals surface area contributed by atoms with Gasteiger partial charge in [-0.15, -0.1) is 0 Å². The van der Waals surface area contributed by atoms with Crippen molar-refractivity contribution in [2.75, 3.05) is 45.4 Å². The average molecular weight is 526 g/mol. The monoisotopic (exact) mass is 525 g/mol. The summed E-state index contributed by atoms with van der Waals surface area (Å²) >= 11 is 0. The van der Waals surface area contributed by atoms with Gasteiger partial charge in [-0.2, -0.15) is 20.5 Å². The number of benzene rings is 3. The number of aryl methyl sites for hydroxylation is 2. The number of hydrogen-bond donors (Lipinski definition) is 1. The van der Waals surface area contributed by atoms with Gasteiger partial charge in [0.05, 0.1) is 36.0 Å². The normalized spacial score (nSPS) is 13.3. The van der Waals surface area contributed by atoms with Crippen LogP contribution in [-0.2, 0) is 18.3 Å². The number of azo groups is 2. The zero-order chi connectivity index (χ0) is 26.7. The summed E-state index contributed by atoms with van der Waals surface area (Å²) in [5, 5.41) is 17.4. The maximum Gasteiger partial charge on any atom is 0.471 e. The van der Waals surface area contributed by atoms with Crippen LogP contribution in [0.5, 0.6) is 0 Å². The lowest BCUT2D eigenvalue weighted by Gasteiger charge is -2.24. The molecule has 1 atom stereocenters. The van der Waals surface area contributed by atoms with E-state index in [2.05, 4.69) is 25.0 Å². The van der Waals surface area contributed by atoms with Gasteiger partial charge in [-0.3, -0.25) is 9.05 Å². The molecule has 0 saturated heterocycles. The van der Waals surface area contributed by atoms with Crippen molar-refractivity contribution < 1.29 is 23.2 Å². The highest BCUT2D eigenvalue weighted by Gasteiger charge is 2.18. The van der Waals surface area contributed by atoms with E-state index in [4.69, 9.17) is 9.26 Å². The van der Waals surface area contributed by atoms with Gasteiger partial charge in [0.2, 0.25) is 0 Å². The molecule has 0 aliphatic rings. The van der Waals surface area contributed by atoms with E-state index in [1.54, 1.807) is 7.11 Å². The largest absolute Gasteiger partial charge is 0.471 e. The number of hydrogen-bond acceptors (Lipinski definition) is 9. The molecule has 10 nitrogen and oxygen atoms in total. The smallest absolute Gasteiger partial charge is 0.383 e. The molecular formula is C26H32N5O5P. The topological polar surface area (TPSA) is 118 Å². The maximum absolute atomic E-state index is 11.5. The molecule has 1 N–H and O–H groups in total. The molecule has 0 spiro atoms. The van der Waals surface area contributed by atoms with Crippen molar-refractivity contribution in [1.82, 2.24) is 0 Å². The fourth-order valence-electron chi connectivity index (χ4n) is 3.33. The third-order valence-electron chi connectivity index (χ3n) is 5.47. The molecular weight excluding hydrogens is 493 g/mol. The Labute approximate surface area is 217 Å². The predicted molar refractivity (Wildman–Crippen MR) is 144 cm³/mol. The second-order valence-electron chi connectivity index (χ2n) is 8.14. The van der Waals surface area contributed by atoms with Crippen molar-refractivity contribution in [3.05, 3.63) is 77.9 Å². The summed E-state index contributed by atoms with van der Waals surface area (Å²) < 4.78 is 26.1. The minimum Gasteiger partial charge on any atom is -0.383 e. The number of nitrogens with zero attached hydrogens (tertiary/aromatic N) is 5. The first-order valence-corrected chi connectivity index (χ1v) is 13.2. The molecule has 196 valence electrons. The number of phosphoric ester groups is 1. The van der Waals surface area contributed by atoms with Crippen LogP contribution in [0, 0.1) is 13.8 Å². The van der Waals surface area contributed by atoms with Crippen LogP contribution in [0.25, 0.3) is 0 Å². The number of ether oxygens (including phenoxy) is 1. The molecule has 3 rings (SSSR count). The number of anilines is 1. The fourth-order valence-corrected chi connectivity index (χ4v) is 3.75. The average Bonchev–Trinajstić information content (AvgIpc) is 2.90. The van der Waals surface area contributed by atoms with Crippen LogP contribution in [0.15, 0.2) is 87.2 Å². The molecule has 1 unspecified atom stereocenters. The molecule has 0 heterocycles. The van der Waals surface area contributed by atoms with E-state index in [9.17, 15) is 9.46 Å². The van der Waals surface area contributed by atoms with Crippen LogP contribution in [0.2, 0.25) is 0 Å². The lowest BCUT2D eigenvalue weighted by atomic mass is 10.2. The first-order valence-electron chi connectivity index (χ1n) is 11.7. The third kappa shape index (κ3) is 8.96. The summed E-state index contributed by atoms with van der Waals surface area (Å²) in [6, 6.07) is 21.0. The molecule has 37 heavy (non-hydrogen) atoms. The van der Waals surface area contributed by atoms with Crippen molar-refractivity contribution in [3.63, 3.8) is 0 Å². The molecule has 3 aromatic rings. The Morgan fingerprint density at radius 2 is 1.41 bits per heavy atom. The lowest BCUT2D eigenvalue weighted by molar-refractivity contribution is 0.173. The van der Waals surface area contributed by atoms with Crippen LogP contribution < -0.4 is 4.90 Å². The molecule has 0 aliphatic carbocycles. The first-order chi connectivity index (χ1) is 17.8. The number of phosphoric acid groups is 1. The Morgan fingerprint density at radius 1 is 0.784 bits per heavy atom. The highest BCUT2D eigenvalue weighted by molar-refractivity contribution is 7.47. The van der Waals surface area contributed by atoms with Gasteiger partial charge in [0.1, 0.15) is 0 Å². The zero-order valence-electron chi connectivity index (χ0n) is 21.4. The van der Waals surface area contributed by atoms with E-state index >= 15 is 0 Å². The first kappa shape index (κ1) is 28.3. The summed E-state index contributed by atoms with van der Waals surface area (Å²) in [7, 11) is -1.27. The number of methoxy groups -OCH3 is 1. The summed E-state index contributed by atoms with van der Waals surface area (Å²) in [5.74, 6) is 0. The predicted octanol–water partition coefficient (Wildman–Crippen LogP) is 7.35. The van der Waals surface area contributed by atoms with E-state index in [0.29, 0.717) is 25.4 Å². The van der Waals surface area contributed by atoms with Crippen LogP contribution >= 0.6 is 7.82 Å². The summed E-state index contributed by atoms with van der Waals surface area (Å²) in [6.07, 6.45) is 0. The van der Waals surface area contributed by atoms with Crippen molar-refractivity contribution in [2.45, 2.75) is 13.8 Å². The molecule has 0 amide bonds. The Hall–Kier alpha value is -3.27. The van der Waals surface area contributed by atoms with Crippen molar-refractivity contribution >= 4 is 36.3 Å². The Kier molecular flexibility index (Phi) is 10.6. The molecule has 3 aromatic carbocycles. The molecule has 0 saturated carbocycles. The zero-order valence-corrected chi connectivity index (χ0v) is 22.3. The summed E-state index contributed by atoms with van der Waals surface area (Å²) in [5.41, 5.74) is 5.90. The minimum atomic E-state index is -4.02. The highest BCUT2D eigenvalue weighted by Crippen LogP contribution is 2.41. The van der Waals surface area contributed by atoms with Gasteiger partial charge in [0.15, 0.2) is 0 Å². The Balaban J connectivity index is 1.65. The molecule has 0 aliphatic heterocycles. The molecule has 11 heteroatoms. The Bertz CT molecular complexity index is 1270. The molecule has 0 fully saturated rings. The van der Waals surface area contributed by atoms with Gasteiger partial charge >= 0.3 is 7.82 Å². The van der Waals surface area contributed by atoms with Gasteiger partial charge in [-0.1, -0.05) is 18.2 Å². The van der Waals surface area contributed by atoms with Crippen molar-refractivity contribution in [3.8, 4) is 0 Å². The third-order valence-corrected chi connectivity index (χ3v) is 6.44. The van der Waals surface area contributed by atoms with Crippen LogP contribution in [-0.4, -0.2) is 45.4 Å². The van der Waals surface area contributed by atoms with Gasteiger partial charge in [-0.05, 0) is 73.5 Å². The van der Waals surface area contributed by atoms with Crippen LogP contribution in [0.3, 0.4) is 0 Å². The quantitative estimate of drug-likeness (QED) is 0.184. The molecule has 0 bridgehead atoms. The minimum absolute atomic E-state index is 0.0204. The molecule has 0 aromatic heterocycles. The summed E-state index contributed by atoms with van der Waals surface area (Å²) in [6.45, 7) is 5.42. The highest BCUT2D eigenvalue weighted by atomic mass is 31.2. The second kappa shape index (κ2) is 13.9. The van der Waals surface area contributed by atoms with E-state index in [1.807, 2.05) is 85.5 Å². The lowest BCUT2D eigenvalue weighted by Crippen LogP contribution is -2.30. The van der Waals surface area contributed by atoms with Gasteiger partial charge in [0.25, 0.3) is 0 Å². The molecule has 0 radical (unpaired) electrons. The van der Waals surface area contributed by atoms with E-state index in [-0.39, 0.29) is 6.61 Å². The van der Waals surface area contributed by atoms with Crippen molar-refractivity contribution in [1.29, 1.82) is 0 Å². The fraction of sp³-hybridized carbons (Fsp3) is 0.308. The van der Waals surface area contributed by atoms with E-state index in [0.717, 1.165) is 41.0 Å². The second-order valence-corrected chi connectivity index (χ2v) is 9.70. The van der Waals surface area contributed by atoms with Crippen LogP contribution in [0.4, 0.5) is 28.4 Å². The standard InChI is InChI=1S/C26H32N5O5P/c1-20-7-5-6-8-25(20)29-28-23-11-14-26(21(2)19-23)30-27-22-9-12-24(13-10-22)31(15-17-34-3)16-18-36-37(32,33)35-4/h5-14,19H,15-18H2,1-4H3,(H,32,33). The van der Waals surface area contributed by atoms with Crippen LogP contribution in [0.1, 0.15) is 11.1 Å². The van der Waals surface area contributed by atoms with Gasteiger partial charge < -0.3 is 14.5 Å². The van der Waals surface area contributed by atoms with E-state index in [1.165, 1.54) is 0 Å². The van der Waals surface area contributed by atoms with Crippen molar-refractivity contribution in [2.24, 2.45) is 20.5 Å². The maximum atomic E-state index is 11.5. The SMILES string of the molecule is COCCN(CCOP(=O)(O)OC)c1ccc(N=Nc2ccc(N=Nc3ccccc3C)cc2C)cc1.